The molecule has 0 fully saturated rings. The minimum atomic E-state index is 0.414. The molecule has 0 radical (unpaired) electrons. The molecular weight excluding hydrogens is 376 g/mol. The smallest absolute Gasteiger partial charge is 0.203 e. The molecule has 1 N–H and O–H groups in total. The molecular formula is C22H21ClN2O3. The first kappa shape index (κ1) is 19.6. The number of hydrogen-bond donors (Lipinski definition) is 1. The second kappa shape index (κ2) is 9.67. The van der Waals surface area contributed by atoms with E-state index in [0.29, 0.717) is 28.9 Å². The quantitative estimate of drug-likeness (QED) is 0.410. The molecule has 0 amide bonds. The number of benzene rings is 3. The van der Waals surface area contributed by atoms with Crippen LogP contribution >= 0.6 is 11.6 Å². The SMILES string of the molecule is COc1cc(C=NNc2cccc(Cl)c2)cc(OC)c1OCc1ccccc1. The van der Waals surface area contributed by atoms with Gasteiger partial charge < -0.3 is 14.2 Å². The van der Waals surface area contributed by atoms with Crippen molar-refractivity contribution in [3.63, 3.8) is 0 Å². The maximum atomic E-state index is 5.97. The number of hydrogen-bond acceptors (Lipinski definition) is 5. The van der Waals surface area contributed by atoms with Crippen LogP contribution in [0, 0.1) is 0 Å². The van der Waals surface area contributed by atoms with Gasteiger partial charge in [-0.15, -0.1) is 0 Å². The molecule has 144 valence electrons. The maximum absolute atomic E-state index is 5.97. The summed E-state index contributed by atoms with van der Waals surface area (Å²) in [4.78, 5) is 0. The van der Waals surface area contributed by atoms with Gasteiger partial charge in [0, 0.05) is 10.6 Å². The fourth-order valence-electron chi connectivity index (χ4n) is 2.59. The van der Waals surface area contributed by atoms with Gasteiger partial charge >= 0.3 is 0 Å². The van der Waals surface area contributed by atoms with Gasteiger partial charge in [-0.25, -0.2) is 0 Å². The first-order valence-corrected chi connectivity index (χ1v) is 9.05. The minimum absolute atomic E-state index is 0.414. The summed E-state index contributed by atoms with van der Waals surface area (Å²) >= 11 is 5.97. The molecule has 0 spiro atoms. The Morgan fingerprint density at radius 2 is 1.64 bits per heavy atom. The highest BCUT2D eigenvalue weighted by Gasteiger charge is 2.14. The van der Waals surface area contributed by atoms with Crippen molar-refractivity contribution in [1.82, 2.24) is 0 Å². The highest BCUT2D eigenvalue weighted by Crippen LogP contribution is 2.38. The van der Waals surface area contributed by atoms with Crippen molar-refractivity contribution in [2.24, 2.45) is 5.10 Å². The summed E-state index contributed by atoms with van der Waals surface area (Å²) in [5.74, 6) is 1.69. The van der Waals surface area contributed by atoms with Crippen LogP contribution in [0.25, 0.3) is 0 Å². The third kappa shape index (κ3) is 5.18. The summed E-state index contributed by atoms with van der Waals surface area (Å²) in [6.45, 7) is 0.414. The Kier molecular flexibility index (Phi) is 6.76. The Morgan fingerprint density at radius 1 is 0.929 bits per heavy atom. The van der Waals surface area contributed by atoms with Gasteiger partial charge in [0.25, 0.3) is 0 Å². The van der Waals surface area contributed by atoms with E-state index < -0.39 is 0 Å². The summed E-state index contributed by atoms with van der Waals surface area (Å²) < 4.78 is 16.9. The molecule has 3 aromatic carbocycles. The van der Waals surface area contributed by atoms with Gasteiger partial charge in [-0.2, -0.15) is 5.10 Å². The largest absolute Gasteiger partial charge is 0.493 e. The van der Waals surface area contributed by atoms with Crippen LogP contribution in [-0.4, -0.2) is 20.4 Å². The maximum Gasteiger partial charge on any atom is 0.203 e. The van der Waals surface area contributed by atoms with Crippen molar-refractivity contribution < 1.29 is 14.2 Å². The fraction of sp³-hybridized carbons (Fsp3) is 0.136. The summed E-state index contributed by atoms with van der Waals surface area (Å²) in [6, 6.07) is 20.9. The number of anilines is 1. The van der Waals surface area contributed by atoms with Crippen LogP contribution in [0.3, 0.4) is 0 Å². The Morgan fingerprint density at radius 3 is 2.29 bits per heavy atom. The first-order chi connectivity index (χ1) is 13.7. The minimum Gasteiger partial charge on any atom is -0.493 e. The third-order valence-electron chi connectivity index (χ3n) is 3.94. The van der Waals surface area contributed by atoms with Crippen molar-refractivity contribution in [1.29, 1.82) is 0 Å². The van der Waals surface area contributed by atoms with E-state index in [-0.39, 0.29) is 0 Å². The molecule has 0 aromatic heterocycles. The molecule has 0 bridgehead atoms. The molecule has 5 nitrogen and oxygen atoms in total. The average Bonchev–Trinajstić information content (AvgIpc) is 2.73. The van der Waals surface area contributed by atoms with E-state index in [4.69, 9.17) is 25.8 Å². The summed E-state index contributed by atoms with van der Waals surface area (Å²) in [5.41, 5.74) is 5.60. The van der Waals surface area contributed by atoms with Crippen LogP contribution < -0.4 is 19.6 Å². The second-order valence-electron chi connectivity index (χ2n) is 5.91. The Hall–Kier alpha value is -3.18. The lowest BCUT2D eigenvalue weighted by Gasteiger charge is -2.15. The van der Waals surface area contributed by atoms with Crippen LogP contribution in [0.5, 0.6) is 17.2 Å². The van der Waals surface area contributed by atoms with Gasteiger partial charge in [0.05, 0.1) is 26.1 Å². The van der Waals surface area contributed by atoms with Crippen molar-refractivity contribution >= 4 is 23.5 Å². The zero-order valence-corrected chi connectivity index (χ0v) is 16.4. The monoisotopic (exact) mass is 396 g/mol. The van der Waals surface area contributed by atoms with Gasteiger partial charge in [-0.1, -0.05) is 48.0 Å². The third-order valence-corrected chi connectivity index (χ3v) is 4.18. The van der Waals surface area contributed by atoms with E-state index in [2.05, 4.69) is 10.5 Å². The highest BCUT2D eigenvalue weighted by molar-refractivity contribution is 6.30. The Labute approximate surface area is 169 Å². The Balaban J connectivity index is 1.77. The van der Waals surface area contributed by atoms with E-state index in [1.807, 2.05) is 54.6 Å². The molecule has 3 aromatic rings. The molecule has 28 heavy (non-hydrogen) atoms. The van der Waals surface area contributed by atoms with Crippen molar-refractivity contribution in [2.75, 3.05) is 19.6 Å². The number of nitrogens with one attached hydrogen (secondary N) is 1. The number of hydrazone groups is 1. The van der Waals surface area contributed by atoms with Gasteiger partial charge in [0.1, 0.15) is 6.61 Å². The number of rotatable bonds is 8. The van der Waals surface area contributed by atoms with Crippen LogP contribution in [0.4, 0.5) is 5.69 Å². The normalized spacial score (nSPS) is 10.7. The van der Waals surface area contributed by atoms with E-state index in [0.717, 1.165) is 16.8 Å². The molecule has 0 saturated carbocycles. The molecule has 3 rings (SSSR count). The molecule has 0 aliphatic heterocycles. The molecule has 0 heterocycles. The fourth-order valence-corrected chi connectivity index (χ4v) is 2.78. The molecule has 0 aliphatic rings. The van der Waals surface area contributed by atoms with Crippen molar-refractivity contribution in [2.45, 2.75) is 6.61 Å². The number of methoxy groups -OCH3 is 2. The molecule has 0 saturated heterocycles. The molecule has 6 heteroatoms. The zero-order chi connectivity index (χ0) is 19.8. The molecule has 0 atom stereocenters. The summed E-state index contributed by atoms with van der Waals surface area (Å²) in [7, 11) is 3.19. The number of halogens is 1. The highest BCUT2D eigenvalue weighted by atomic mass is 35.5. The van der Waals surface area contributed by atoms with E-state index in [1.54, 1.807) is 32.6 Å². The lowest BCUT2D eigenvalue weighted by molar-refractivity contribution is 0.266. The van der Waals surface area contributed by atoms with E-state index in [9.17, 15) is 0 Å². The van der Waals surface area contributed by atoms with Crippen LogP contribution in [-0.2, 0) is 6.61 Å². The molecule has 0 unspecified atom stereocenters. The standard InChI is InChI=1S/C22H21ClN2O3/c1-26-20-11-17(14-24-25-19-10-6-9-18(23)13-19)12-21(27-2)22(20)28-15-16-7-4-3-5-8-16/h3-14,25H,15H2,1-2H3. The number of nitrogens with zero attached hydrogens (tertiary/aromatic N) is 1. The van der Waals surface area contributed by atoms with Crippen LogP contribution in [0.2, 0.25) is 5.02 Å². The lowest BCUT2D eigenvalue weighted by Crippen LogP contribution is -2.01. The van der Waals surface area contributed by atoms with Crippen LogP contribution in [0.1, 0.15) is 11.1 Å². The van der Waals surface area contributed by atoms with E-state index >= 15 is 0 Å². The predicted molar refractivity (Wildman–Crippen MR) is 113 cm³/mol. The van der Waals surface area contributed by atoms with Gasteiger partial charge in [-0.3, -0.25) is 5.43 Å². The van der Waals surface area contributed by atoms with Gasteiger partial charge in [-0.05, 0) is 35.9 Å². The van der Waals surface area contributed by atoms with Crippen molar-refractivity contribution in [3.8, 4) is 17.2 Å². The summed E-state index contributed by atoms with van der Waals surface area (Å²) in [6.07, 6.45) is 1.67. The topological polar surface area (TPSA) is 52.1 Å². The molecule has 0 aliphatic carbocycles. The summed E-state index contributed by atoms with van der Waals surface area (Å²) in [5, 5.41) is 4.88. The predicted octanol–water partition coefficient (Wildman–Crippen LogP) is 5.38. The average molecular weight is 397 g/mol. The van der Waals surface area contributed by atoms with Gasteiger partial charge in [0.15, 0.2) is 11.5 Å². The number of ether oxygens (including phenoxy) is 3. The zero-order valence-electron chi connectivity index (χ0n) is 15.7. The van der Waals surface area contributed by atoms with Crippen LogP contribution in [0.15, 0.2) is 71.8 Å². The van der Waals surface area contributed by atoms with Crippen molar-refractivity contribution in [3.05, 3.63) is 82.9 Å². The second-order valence-corrected chi connectivity index (χ2v) is 6.35. The first-order valence-electron chi connectivity index (χ1n) is 8.67. The van der Waals surface area contributed by atoms with E-state index in [1.165, 1.54) is 0 Å². The lowest BCUT2D eigenvalue weighted by atomic mass is 10.2. The van der Waals surface area contributed by atoms with Gasteiger partial charge in [0.2, 0.25) is 5.75 Å². The Bertz CT molecular complexity index is 921.